The molecule has 2 nitrogen and oxygen atoms in total. The Morgan fingerprint density at radius 1 is 1.00 bits per heavy atom. The molecule has 0 radical (unpaired) electrons. The van der Waals surface area contributed by atoms with E-state index in [2.05, 4.69) is 24.1 Å². The second kappa shape index (κ2) is 6.79. The quantitative estimate of drug-likeness (QED) is 0.844. The molecule has 20 heavy (non-hydrogen) atoms. The summed E-state index contributed by atoms with van der Waals surface area (Å²) in [4.78, 5) is 2.77. The van der Waals surface area contributed by atoms with Crippen molar-refractivity contribution in [2.24, 2.45) is 17.8 Å². The lowest BCUT2D eigenvalue weighted by Crippen LogP contribution is -2.39. The fraction of sp³-hybridized carbons (Fsp3) is 1.00. The van der Waals surface area contributed by atoms with Crippen LogP contribution >= 0.6 is 0 Å². The number of likely N-dealkylation sites (tertiary alicyclic amines) is 1. The van der Waals surface area contributed by atoms with Crippen LogP contribution in [0.1, 0.15) is 65.2 Å². The molecule has 3 aliphatic heterocycles. The van der Waals surface area contributed by atoms with E-state index in [9.17, 15) is 0 Å². The first-order valence-electron chi connectivity index (χ1n) is 9.19. The van der Waals surface area contributed by atoms with Gasteiger partial charge in [-0.2, -0.15) is 0 Å². The van der Waals surface area contributed by atoms with Crippen LogP contribution in [0, 0.1) is 17.8 Å². The van der Waals surface area contributed by atoms with Gasteiger partial charge >= 0.3 is 0 Å². The van der Waals surface area contributed by atoms with Crippen LogP contribution in [0.3, 0.4) is 0 Å². The Bertz CT molecular complexity index is 290. The third-order valence-corrected chi connectivity index (χ3v) is 6.23. The predicted molar refractivity (Wildman–Crippen MR) is 85.9 cm³/mol. The lowest BCUT2D eigenvalue weighted by atomic mass is 9.89. The summed E-state index contributed by atoms with van der Waals surface area (Å²) in [7, 11) is 0. The van der Waals surface area contributed by atoms with E-state index in [0.29, 0.717) is 0 Å². The van der Waals surface area contributed by atoms with Crippen LogP contribution in [-0.4, -0.2) is 36.6 Å². The van der Waals surface area contributed by atoms with Crippen molar-refractivity contribution in [2.75, 3.05) is 19.6 Å². The Morgan fingerprint density at radius 3 is 2.45 bits per heavy atom. The Labute approximate surface area is 125 Å². The van der Waals surface area contributed by atoms with Gasteiger partial charge in [0.1, 0.15) is 0 Å². The highest BCUT2D eigenvalue weighted by atomic mass is 15.1. The van der Waals surface area contributed by atoms with Crippen molar-refractivity contribution in [3.8, 4) is 0 Å². The molecule has 0 amide bonds. The molecule has 3 rings (SSSR count). The van der Waals surface area contributed by atoms with Crippen LogP contribution in [0.5, 0.6) is 0 Å². The predicted octanol–water partition coefficient (Wildman–Crippen LogP) is 3.67. The van der Waals surface area contributed by atoms with Crippen LogP contribution in [0.2, 0.25) is 0 Å². The lowest BCUT2D eigenvalue weighted by Gasteiger charge is -2.31. The Hall–Kier alpha value is -0.0800. The van der Waals surface area contributed by atoms with Crippen LogP contribution < -0.4 is 5.32 Å². The molecule has 0 spiro atoms. The second-order valence-corrected chi connectivity index (χ2v) is 8.04. The van der Waals surface area contributed by atoms with Gasteiger partial charge in [0.15, 0.2) is 0 Å². The molecule has 2 bridgehead atoms. The van der Waals surface area contributed by atoms with Gasteiger partial charge in [-0.25, -0.2) is 0 Å². The highest BCUT2D eigenvalue weighted by molar-refractivity contribution is 4.92. The fourth-order valence-corrected chi connectivity index (χ4v) is 4.85. The van der Waals surface area contributed by atoms with Gasteiger partial charge in [0.2, 0.25) is 0 Å². The summed E-state index contributed by atoms with van der Waals surface area (Å²) in [5.41, 5.74) is 0. The maximum absolute atomic E-state index is 3.77. The zero-order valence-electron chi connectivity index (χ0n) is 13.6. The molecule has 2 heteroatoms. The molecule has 3 unspecified atom stereocenters. The standard InChI is InChI=1S/C18H34N2/c1-14(2)16-4-3-9-20(11-8-16)10-7-15-12-17-5-6-18(13-15)19-17/h14-19H,3-13H2,1-2H3. The third kappa shape index (κ3) is 3.76. The molecule has 3 saturated heterocycles. The van der Waals surface area contributed by atoms with Gasteiger partial charge in [-0.05, 0) is 88.8 Å². The molecule has 3 fully saturated rings. The number of hydrogen-bond acceptors (Lipinski definition) is 2. The number of nitrogens with one attached hydrogen (secondary N) is 1. The van der Waals surface area contributed by atoms with Gasteiger partial charge in [-0.1, -0.05) is 13.8 Å². The fourth-order valence-electron chi connectivity index (χ4n) is 4.85. The molecular formula is C18H34N2. The van der Waals surface area contributed by atoms with Gasteiger partial charge in [0.05, 0.1) is 0 Å². The zero-order valence-corrected chi connectivity index (χ0v) is 13.6. The van der Waals surface area contributed by atoms with E-state index in [1.807, 2.05) is 0 Å². The van der Waals surface area contributed by atoms with Crippen molar-refractivity contribution >= 4 is 0 Å². The Balaban J connectivity index is 1.40. The van der Waals surface area contributed by atoms with Crippen molar-refractivity contribution in [1.29, 1.82) is 0 Å². The van der Waals surface area contributed by atoms with Crippen molar-refractivity contribution in [3.63, 3.8) is 0 Å². The Kier molecular flexibility index (Phi) is 5.04. The third-order valence-electron chi connectivity index (χ3n) is 6.23. The molecule has 3 atom stereocenters. The average molecular weight is 278 g/mol. The highest BCUT2D eigenvalue weighted by Crippen LogP contribution is 2.33. The van der Waals surface area contributed by atoms with E-state index >= 15 is 0 Å². The molecule has 3 aliphatic rings. The van der Waals surface area contributed by atoms with Gasteiger partial charge < -0.3 is 10.2 Å². The summed E-state index contributed by atoms with van der Waals surface area (Å²) in [6.45, 7) is 8.91. The maximum atomic E-state index is 3.77. The molecule has 0 aromatic rings. The smallest absolute Gasteiger partial charge is 0.00728 e. The molecular weight excluding hydrogens is 244 g/mol. The van der Waals surface area contributed by atoms with Gasteiger partial charge in [0, 0.05) is 12.1 Å². The first-order valence-corrected chi connectivity index (χ1v) is 9.19. The number of rotatable bonds is 4. The highest BCUT2D eigenvalue weighted by Gasteiger charge is 2.33. The first-order chi connectivity index (χ1) is 9.70. The first kappa shape index (κ1) is 14.8. The molecule has 0 aromatic heterocycles. The van der Waals surface area contributed by atoms with E-state index in [4.69, 9.17) is 0 Å². The number of nitrogens with zero attached hydrogens (tertiary/aromatic N) is 1. The minimum atomic E-state index is 0.869. The number of piperidine rings is 1. The monoisotopic (exact) mass is 278 g/mol. The van der Waals surface area contributed by atoms with E-state index < -0.39 is 0 Å². The topological polar surface area (TPSA) is 15.3 Å². The van der Waals surface area contributed by atoms with Crippen LogP contribution in [0.15, 0.2) is 0 Å². The van der Waals surface area contributed by atoms with Crippen molar-refractivity contribution < 1.29 is 0 Å². The van der Waals surface area contributed by atoms with Gasteiger partial charge in [0.25, 0.3) is 0 Å². The SMILES string of the molecule is CC(C)C1CCCN(CCC2CC3CCC(C2)N3)CC1. The largest absolute Gasteiger partial charge is 0.311 e. The molecule has 0 aromatic carbocycles. The van der Waals surface area contributed by atoms with Gasteiger partial charge in [-0.3, -0.25) is 0 Å². The summed E-state index contributed by atoms with van der Waals surface area (Å²) in [5.74, 6) is 2.88. The van der Waals surface area contributed by atoms with Crippen LogP contribution in [0.4, 0.5) is 0 Å². The van der Waals surface area contributed by atoms with Crippen LogP contribution in [0.25, 0.3) is 0 Å². The van der Waals surface area contributed by atoms with E-state index in [-0.39, 0.29) is 0 Å². The van der Waals surface area contributed by atoms with Crippen molar-refractivity contribution in [3.05, 3.63) is 0 Å². The molecule has 0 saturated carbocycles. The molecule has 116 valence electrons. The summed E-state index contributed by atoms with van der Waals surface area (Å²) < 4.78 is 0. The molecule has 3 heterocycles. The van der Waals surface area contributed by atoms with Crippen molar-refractivity contribution in [2.45, 2.75) is 77.3 Å². The molecule has 1 N–H and O–H groups in total. The second-order valence-electron chi connectivity index (χ2n) is 8.04. The minimum absolute atomic E-state index is 0.869. The van der Waals surface area contributed by atoms with E-state index in [1.54, 1.807) is 0 Å². The lowest BCUT2D eigenvalue weighted by molar-refractivity contribution is 0.219. The average Bonchev–Trinajstić information content (AvgIpc) is 2.66. The summed E-state index contributed by atoms with van der Waals surface area (Å²) >= 11 is 0. The van der Waals surface area contributed by atoms with Gasteiger partial charge in [-0.15, -0.1) is 0 Å². The van der Waals surface area contributed by atoms with E-state index in [1.165, 1.54) is 71.0 Å². The number of hydrogen-bond donors (Lipinski definition) is 1. The van der Waals surface area contributed by atoms with E-state index in [0.717, 1.165) is 29.8 Å². The number of fused-ring (bicyclic) bond motifs is 2. The zero-order chi connectivity index (χ0) is 13.9. The van der Waals surface area contributed by atoms with Crippen molar-refractivity contribution in [1.82, 2.24) is 10.2 Å². The summed E-state index contributed by atoms with van der Waals surface area (Å²) in [5, 5.41) is 3.77. The van der Waals surface area contributed by atoms with Crippen LogP contribution in [-0.2, 0) is 0 Å². The summed E-state index contributed by atoms with van der Waals surface area (Å²) in [6, 6.07) is 1.74. The summed E-state index contributed by atoms with van der Waals surface area (Å²) in [6.07, 6.45) is 11.6. The normalized spacial score (nSPS) is 39.1. The maximum Gasteiger partial charge on any atom is 0.00728 e. The molecule has 0 aliphatic carbocycles. The Morgan fingerprint density at radius 2 is 1.75 bits per heavy atom. The minimum Gasteiger partial charge on any atom is -0.311 e.